The Morgan fingerprint density at radius 2 is 1.81 bits per heavy atom. The standard InChI is InChI=1S/C21H17ClFN5O2S/c22-14-7-5-13(6-8-14)11-25-20(30)19(29)24-10-9-15-12-31-21-26-18(27-28(15)21)16-3-1-2-4-17(16)23/h1-8,12H,9-11H2,(H,24,29)(H,25,30). The van der Waals surface area contributed by atoms with Gasteiger partial charge in [-0.1, -0.05) is 35.9 Å². The van der Waals surface area contributed by atoms with Crippen LogP contribution in [0.2, 0.25) is 5.02 Å². The topological polar surface area (TPSA) is 88.4 Å². The number of amides is 2. The number of carbonyl (C=O) groups excluding carboxylic acids is 2. The van der Waals surface area contributed by atoms with E-state index < -0.39 is 11.8 Å². The van der Waals surface area contributed by atoms with E-state index in [1.165, 1.54) is 17.4 Å². The van der Waals surface area contributed by atoms with Gasteiger partial charge in [0.15, 0.2) is 5.82 Å². The van der Waals surface area contributed by atoms with Crippen LogP contribution in [0.5, 0.6) is 0 Å². The summed E-state index contributed by atoms with van der Waals surface area (Å²) in [7, 11) is 0. The second-order valence-corrected chi connectivity index (χ2v) is 7.92. The summed E-state index contributed by atoms with van der Waals surface area (Å²) in [6.45, 7) is 0.472. The molecule has 10 heteroatoms. The number of aromatic nitrogens is 3. The van der Waals surface area contributed by atoms with Crippen molar-refractivity contribution in [1.29, 1.82) is 0 Å². The van der Waals surface area contributed by atoms with Crippen LogP contribution in [0.4, 0.5) is 4.39 Å². The van der Waals surface area contributed by atoms with Gasteiger partial charge >= 0.3 is 11.8 Å². The first-order valence-corrected chi connectivity index (χ1v) is 10.7. The van der Waals surface area contributed by atoms with Crippen LogP contribution in [0.3, 0.4) is 0 Å². The summed E-state index contributed by atoms with van der Waals surface area (Å²) in [6.07, 6.45) is 0.441. The zero-order valence-electron chi connectivity index (χ0n) is 16.1. The van der Waals surface area contributed by atoms with Gasteiger partial charge in [0, 0.05) is 29.9 Å². The third-order valence-electron chi connectivity index (χ3n) is 4.50. The molecule has 0 saturated carbocycles. The average molecular weight is 458 g/mol. The molecular weight excluding hydrogens is 441 g/mol. The van der Waals surface area contributed by atoms with Crippen LogP contribution in [-0.2, 0) is 22.6 Å². The van der Waals surface area contributed by atoms with Crippen molar-refractivity contribution in [3.8, 4) is 11.4 Å². The maximum absolute atomic E-state index is 14.0. The first kappa shape index (κ1) is 21.0. The molecule has 31 heavy (non-hydrogen) atoms. The molecule has 0 fully saturated rings. The molecule has 158 valence electrons. The quantitative estimate of drug-likeness (QED) is 0.435. The zero-order valence-corrected chi connectivity index (χ0v) is 17.7. The average Bonchev–Trinajstić information content (AvgIpc) is 3.35. The van der Waals surface area contributed by atoms with E-state index in [0.29, 0.717) is 27.8 Å². The van der Waals surface area contributed by atoms with E-state index in [4.69, 9.17) is 11.6 Å². The van der Waals surface area contributed by atoms with E-state index in [9.17, 15) is 14.0 Å². The molecule has 2 amide bonds. The van der Waals surface area contributed by atoms with E-state index in [0.717, 1.165) is 11.3 Å². The highest BCUT2D eigenvalue weighted by Crippen LogP contribution is 2.23. The van der Waals surface area contributed by atoms with Crippen LogP contribution in [-0.4, -0.2) is 33.0 Å². The lowest BCUT2D eigenvalue weighted by Gasteiger charge is -2.06. The number of carbonyl (C=O) groups is 2. The minimum Gasteiger partial charge on any atom is -0.347 e. The molecule has 2 heterocycles. The maximum atomic E-state index is 14.0. The summed E-state index contributed by atoms with van der Waals surface area (Å²) in [5, 5.41) is 12.0. The van der Waals surface area contributed by atoms with Crippen molar-refractivity contribution in [3.63, 3.8) is 0 Å². The van der Waals surface area contributed by atoms with Gasteiger partial charge in [-0.3, -0.25) is 9.59 Å². The smallest absolute Gasteiger partial charge is 0.309 e. The number of thiazole rings is 1. The van der Waals surface area contributed by atoms with Crippen LogP contribution in [0.1, 0.15) is 11.3 Å². The largest absolute Gasteiger partial charge is 0.347 e. The zero-order chi connectivity index (χ0) is 21.8. The van der Waals surface area contributed by atoms with Crippen molar-refractivity contribution < 1.29 is 14.0 Å². The normalized spacial score (nSPS) is 10.9. The highest BCUT2D eigenvalue weighted by atomic mass is 35.5. The van der Waals surface area contributed by atoms with Crippen LogP contribution >= 0.6 is 22.9 Å². The molecular formula is C21H17ClFN5O2S. The Labute approximate surface area is 185 Å². The Morgan fingerprint density at radius 3 is 2.58 bits per heavy atom. The highest BCUT2D eigenvalue weighted by molar-refractivity contribution is 7.15. The fourth-order valence-electron chi connectivity index (χ4n) is 2.90. The molecule has 0 aliphatic rings. The predicted molar refractivity (Wildman–Crippen MR) is 116 cm³/mol. The molecule has 2 N–H and O–H groups in total. The Balaban J connectivity index is 1.32. The maximum Gasteiger partial charge on any atom is 0.309 e. The number of hydrogen-bond donors (Lipinski definition) is 2. The van der Waals surface area contributed by atoms with Crippen molar-refractivity contribution in [3.05, 3.63) is 76.0 Å². The van der Waals surface area contributed by atoms with Crippen molar-refractivity contribution in [2.75, 3.05) is 6.54 Å². The molecule has 0 saturated heterocycles. The van der Waals surface area contributed by atoms with Gasteiger partial charge in [-0.25, -0.2) is 8.91 Å². The van der Waals surface area contributed by atoms with E-state index in [1.54, 1.807) is 47.0 Å². The summed E-state index contributed by atoms with van der Waals surface area (Å²) in [6, 6.07) is 13.3. The summed E-state index contributed by atoms with van der Waals surface area (Å²) >= 11 is 7.20. The first-order chi connectivity index (χ1) is 15.0. The van der Waals surface area contributed by atoms with Crippen molar-refractivity contribution in [2.24, 2.45) is 0 Å². The van der Waals surface area contributed by atoms with Gasteiger partial charge in [0.1, 0.15) is 5.82 Å². The first-order valence-electron chi connectivity index (χ1n) is 9.40. The van der Waals surface area contributed by atoms with E-state index in [1.807, 2.05) is 5.38 Å². The van der Waals surface area contributed by atoms with Crippen LogP contribution in [0, 0.1) is 5.82 Å². The minimum atomic E-state index is -0.717. The number of fused-ring (bicyclic) bond motifs is 1. The monoisotopic (exact) mass is 457 g/mol. The second kappa shape index (κ2) is 9.23. The van der Waals surface area contributed by atoms with Crippen molar-refractivity contribution >= 4 is 39.7 Å². The fourth-order valence-corrected chi connectivity index (χ4v) is 3.88. The second-order valence-electron chi connectivity index (χ2n) is 6.65. The molecule has 4 rings (SSSR count). The lowest BCUT2D eigenvalue weighted by atomic mass is 10.2. The summed E-state index contributed by atoms with van der Waals surface area (Å²) in [5.74, 6) is -1.52. The third kappa shape index (κ3) is 4.89. The van der Waals surface area contributed by atoms with Gasteiger partial charge in [-0.2, -0.15) is 4.98 Å². The highest BCUT2D eigenvalue weighted by Gasteiger charge is 2.16. The Kier molecular flexibility index (Phi) is 6.24. The molecule has 0 atom stereocenters. The number of nitrogens with zero attached hydrogens (tertiary/aromatic N) is 3. The Morgan fingerprint density at radius 1 is 1.06 bits per heavy atom. The van der Waals surface area contributed by atoms with Crippen molar-refractivity contribution in [2.45, 2.75) is 13.0 Å². The van der Waals surface area contributed by atoms with Gasteiger partial charge in [0.25, 0.3) is 0 Å². The Hall–Kier alpha value is -3.30. The third-order valence-corrected chi connectivity index (χ3v) is 5.62. The summed E-state index contributed by atoms with van der Waals surface area (Å²) in [5.41, 5.74) is 1.97. The van der Waals surface area contributed by atoms with Crippen LogP contribution in [0.15, 0.2) is 53.9 Å². The number of halogens is 2. The lowest BCUT2D eigenvalue weighted by Crippen LogP contribution is -2.40. The van der Waals surface area contributed by atoms with Gasteiger partial charge in [-0.05, 0) is 29.8 Å². The van der Waals surface area contributed by atoms with Crippen LogP contribution in [0.25, 0.3) is 16.3 Å². The predicted octanol–water partition coefficient (Wildman–Crippen LogP) is 3.23. The summed E-state index contributed by atoms with van der Waals surface area (Å²) < 4.78 is 15.6. The molecule has 0 aliphatic carbocycles. The molecule has 0 aliphatic heterocycles. The molecule has 2 aromatic carbocycles. The molecule has 0 radical (unpaired) electrons. The molecule has 4 aromatic rings. The molecule has 0 spiro atoms. The van der Waals surface area contributed by atoms with Crippen molar-refractivity contribution in [1.82, 2.24) is 25.2 Å². The molecule has 0 bridgehead atoms. The Bertz CT molecular complexity index is 1240. The van der Waals surface area contributed by atoms with Crippen LogP contribution < -0.4 is 10.6 Å². The number of hydrogen-bond acceptors (Lipinski definition) is 5. The summed E-state index contributed by atoms with van der Waals surface area (Å²) in [4.78, 5) is 29.0. The van der Waals surface area contributed by atoms with Gasteiger partial charge in [0.05, 0.1) is 11.3 Å². The number of rotatable bonds is 6. The van der Waals surface area contributed by atoms with Gasteiger partial charge in [-0.15, -0.1) is 16.4 Å². The van der Waals surface area contributed by atoms with E-state index in [-0.39, 0.29) is 18.9 Å². The van der Waals surface area contributed by atoms with E-state index >= 15 is 0 Å². The lowest BCUT2D eigenvalue weighted by molar-refractivity contribution is -0.139. The fraction of sp³-hybridized carbons (Fsp3) is 0.143. The number of benzene rings is 2. The SMILES string of the molecule is O=C(NCCc1csc2nc(-c3ccccc3F)nn12)C(=O)NCc1ccc(Cl)cc1. The molecule has 7 nitrogen and oxygen atoms in total. The molecule has 2 aromatic heterocycles. The number of nitrogens with one attached hydrogen (secondary N) is 2. The van der Waals surface area contributed by atoms with Gasteiger partial charge < -0.3 is 10.6 Å². The van der Waals surface area contributed by atoms with Gasteiger partial charge in [0.2, 0.25) is 4.96 Å². The van der Waals surface area contributed by atoms with E-state index in [2.05, 4.69) is 20.7 Å². The minimum absolute atomic E-state index is 0.229. The molecule has 0 unspecified atom stereocenters.